The molecule has 1 N–H and O–H groups in total. The third kappa shape index (κ3) is 5.90. The Morgan fingerprint density at radius 2 is 2.03 bits per heavy atom. The van der Waals surface area contributed by atoms with Gasteiger partial charge in [0.15, 0.2) is 5.69 Å². The highest BCUT2D eigenvalue weighted by Crippen LogP contribution is 2.31. The maximum absolute atomic E-state index is 12.9. The van der Waals surface area contributed by atoms with Gasteiger partial charge in [-0.2, -0.15) is 18.3 Å². The molecule has 1 amide bonds. The van der Waals surface area contributed by atoms with Crippen molar-refractivity contribution in [2.45, 2.75) is 57.2 Å². The van der Waals surface area contributed by atoms with E-state index in [1.807, 2.05) is 0 Å². The quantitative estimate of drug-likeness (QED) is 0.663. The van der Waals surface area contributed by atoms with Gasteiger partial charge >= 0.3 is 6.18 Å². The van der Waals surface area contributed by atoms with E-state index in [1.165, 1.54) is 0 Å². The van der Waals surface area contributed by atoms with Crippen LogP contribution in [0.15, 0.2) is 24.3 Å². The van der Waals surface area contributed by atoms with Crippen LogP contribution in [0, 0.1) is 5.92 Å². The lowest BCUT2D eigenvalue weighted by molar-refractivity contribution is -0.176. The van der Waals surface area contributed by atoms with Gasteiger partial charge in [0, 0.05) is 38.2 Å². The van der Waals surface area contributed by atoms with Crippen LogP contribution in [0.5, 0.6) is 11.6 Å². The van der Waals surface area contributed by atoms with Crippen LogP contribution in [0.4, 0.5) is 13.2 Å². The summed E-state index contributed by atoms with van der Waals surface area (Å²) in [5.74, 6) is 1.39. The number of nitrogens with one attached hydrogen (secondary N) is 1. The molecule has 3 aliphatic rings. The van der Waals surface area contributed by atoms with Crippen molar-refractivity contribution >= 4 is 5.91 Å². The van der Waals surface area contributed by atoms with Crippen molar-refractivity contribution in [3.63, 3.8) is 0 Å². The highest BCUT2D eigenvalue weighted by Gasteiger charge is 2.32. The summed E-state index contributed by atoms with van der Waals surface area (Å²) in [6.07, 6.45) is -0.962. The number of rotatable bonds is 6. The minimum Gasteiger partial charge on any atom is -0.491 e. The van der Waals surface area contributed by atoms with Gasteiger partial charge < -0.3 is 24.3 Å². The first-order valence-electron chi connectivity index (χ1n) is 11.9. The van der Waals surface area contributed by atoms with E-state index in [0.717, 1.165) is 38.0 Å². The van der Waals surface area contributed by atoms with Crippen LogP contribution in [0.3, 0.4) is 0 Å². The van der Waals surface area contributed by atoms with Gasteiger partial charge in [0.25, 0.3) is 5.91 Å². The molecule has 3 aliphatic heterocycles. The van der Waals surface area contributed by atoms with Gasteiger partial charge in [-0.05, 0) is 42.5 Å². The maximum Gasteiger partial charge on any atom is 0.411 e. The van der Waals surface area contributed by atoms with E-state index in [9.17, 15) is 18.0 Å². The van der Waals surface area contributed by atoms with Crippen LogP contribution in [-0.2, 0) is 29.0 Å². The fourth-order valence-corrected chi connectivity index (χ4v) is 4.82. The van der Waals surface area contributed by atoms with E-state index in [1.54, 1.807) is 28.9 Å². The fourth-order valence-electron chi connectivity index (χ4n) is 4.82. The molecular formula is C24H28F3N3O5. The van der Waals surface area contributed by atoms with Crippen LogP contribution in [0.2, 0.25) is 0 Å². The maximum atomic E-state index is 12.9. The Kier molecular flexibility index (Phi) is 6.88. The number of benzene rings is 1. The lowest BCUT2D eigenvalue weighted by Crippen LogP contribution is -2.43. The molecule has 0 spiro atoms. The Bertz CT molecular complexity index is 1050. The predicted molar refractivity (Wildman–Crippen MR) is 117 cm³/mol. The van der Waals surface area contributed by atoms with Crippen LogP contribution >= 0.6 is 0 Å². The summed E-state index contributed by atoms with van der Waals surface area (Å²) in [4.78, 5) is 12.9. The zero-order chi connectivity index (χ0) is 24.4. The average Bonchev–Trinajstić information content (AvgIpc) is 3.27. The molecular weight excluding hydrogens is 467 g/mol. The number of hydrogen-bond donors (Lipinski definition) is 1. The SMILES string of the molecule is O=C(N[C@H]1COc2ccc(COCC(F)(F)F)cc2C1)c1cc2n(n1)CC[C@@H](C1CCOCC1)O2. The summed E-state index contributed by atoms with van der Waals surface area (Å²) in [7, 11) is 0. The number of ether oxygens (including phenoxy) is 4. The predicted octanol–water partition coefficient (Wildman–Crippen LogP) is 3.27. The van der Waals surface area contributed by atoms with Crippen LogP contribution < -0.4 is 14.8 Å². The van der Waals surface area contributed by atoms with E-state index in [4.69, 9.17) is 18.9 Å². The smallest absolute Gasteiger partial charge is 0.411 e. The number of carbonyl (C=O) groups excluding carboxylic acids is 1. The Balaban J connectivity index is 1.17. The first-order valence-corrected chi connectivity index (χ1v) is 11.9. The molecule has 5 rings (SSSR count). The molecule has 35 heavy (non-hydrogen) atoms. The highest BCUT2D eigenvalue weighted by molar-refractivity contribution is 5.92. The Morgan fingerprint density at radius 1 is 1.20 bits per heavy atom. The molecule has 0 unspecified atom stereocenters. The van der Waals surface area contributed by atoms with Crippen molar-refractivity contribution in [3.8, 4) is 11.6 Å². The number of nitrogens with zero attached hydrogens (tertiary/aromatic N) is 2. The second-order valence-corrected chi connectivity index (χ2v) is 9.22. The monoisotopic (exact) mass is 495 g/mol. The third-order valence-electron chi connectivity index (χ3n) is 6.57. The Labute approximate surface area is 200 Å². The number of halogens is 3. The molecule has 1 aromatic heterocycles. The summed E-state index contributed by atoms with van der Waals surface area (Å²) in [5.41, 5.74) is 1.70. The summed E-state index contributed by atoms with van der Waals surface area (Å²) in [6, 6.07) is 6.53. The molecule has 2 atom stereocenters. The minimum atomic E-state index is -4.37. The van der Waals surface area contributed by atoms with E-state index >= 15 is 0 Å². The molecule has 0 saturated carbocycles. The van der Waals surface area contributed by atoms with E-state index in [-0.39, 0.29) is 30.4 Å². The molecule has 8 nitrogen and oxygen atoms in total. The van der Waals surface area contributed by atoms with Gasteiger partial charge in [0.1, 0.15) is 25.1 Å². The molecule has 0 aliphatic carbocycles. The van der Waals surface area contributed by atoms with Gasteiger partial charge in [0.2, 0.25) is 5.88 Å². The second kappa shape index (κ2) is 10.1. The first-order chi connectivity index (χ1) is 16.8. The van der Waals surface area contributed by atoms with Crippen molar-refractivity contribution in [1.82, 2.24) is 15.1 Å². The van der Waals surface area contributed by atoms with Crippen molar-refractivity contribution in [2.75, 3.05) is 26.4 Å². The van der Waals surface area contributed by atoms with E-state index < -0.39 is 12.8 Å². The Hall–Kier alpha value is -2.79. The zero-order valence-electron chi connectivity index (χ0n) is 19.2. The van der Waals surface area contributed by atoms with Crippen molar-refractivity contribution in [3.05, 3.63) is 41.1 Å². The average molecular weight is 495 g/mol. The van der Waals surface area contributed by atoms with Crippen LogP contribution in [0.25, 0.3) is 0 Å². The van der Waals surface area contributed by atoms with Gasteiger partial charge in [-0.3, -0.25) is 4.79 Å². The lowest BCUT2D eigenvalue weighted by Gasteiger charge is -2.33. The third-order valence-corrected chi connectivity index (χ3v) is 6.57. The van der Waals surface area contributed by atoms with Crippen molar-refractivity contribution < 1.29 is 36.9 Å². The fraction of sp³-hybridized carbons (Fsp3) is 0.583. The van der Waals surface area contributed by atoms with Gasteiger partial charge in [0.05, 0.1) is 12.6 Å². The molecule has 11 heteroatoms. The van der Waals surface area contributed by atoms with Crippen molar-refractivity contribution in [1.29, 1.82) is 0 Å². The number of amides is 1. The molecule has 1 fully saturated rings. The second-order valence-electron chi connectivity index (χ2n) is 9.22. The molecule has 1 aromatic carbocycles. The zero-order valence-corrected chi connectivity index (χ0v) is 19.2. The first kappa shape index (κ1) is 23.9. The molecule has 4 heterocycles. The largest absolute Gasteiger partial charge is 0.491 e. The minimum absolute atomic E-state index is 0.108. The van der Waals surface area contributed by atoms with E-state index in [0.29, 0.717) is 42.7 Å². The van der Waals surface area contributed by atoms with E-state index in [2.05, 4.69) is 10.4 Å². The number of aromatic nitrogens is 2. The highest BCUT2D eigenvalue weighted by atomic mass is 19.4. The molecule has 190 valence electrons. The molecule has 1 saturated heterocycles. The summed E-state index contributed by atoms with van der Waals surface area (Å²) in [5, 5.41) is 7.36. The number of carbonyl (C=O) groups is 1. The topological polar surface area (TPSA) is 83.8 Å². The molecule has 2 aromatic rings. The van der Waals surface area contributed by atoms with Crippen LogP contribution in [-0.4, -0.2) is 60.4 Å². The summed E-state index contributed by atoms with van der Waals surface area (Å²) < 4.78 is 60.8. The molecule has 0 radical (unpaired) electrons. The number of fused-ring (bicyclic) bond motifs is 2. The van der Waals surface area contributed by atoms with Gasteiger partial charge in [-0.1, -0.05) is 6.07 Å². The van der Waals surface area contributed by atoms with Crippen LogP contribution in [0.1, 0.15) is 40.9 Å². The lowest BCUT2D eigenvalue weighted by atomic mass is 9.91. The van der Waals surface area contributed by atoms with Gasteiger partial charge in [-0.25, -0.2) is 4.68 Å². The molecule has 0 bridgehead atoms. The Morgan fingerprint density at radius 3 is 2.83 bits per heavy atom. The summed E-state index contributed by atoms with van der Waals surface area (Å²) in [6.45, 7) is 1.05. The van der Waals surface area contributed by atoms with Gasteiger partial charge in [-0.15, -0.1) is 0 Å². The number of aryl methyl sites for hydroxylation is 1. The standard InChI is InChI=1S/C24H28F3N3O5/c25-24(26,27)14-33-12-15-1-2-20-17(9-15)10-18(13-34-20)28-23(31)19-11-22-30(29-19)6-3-21(35-22)16-4-7-32-8-5-16/h1-2,9,11,16,18,21H,3-8,10,12-14H2,(H,28,31)/t18-,21+/m1/s1. The number of hydrogen-bond acceptors (Lipinski definition) is 6. The number of alkyl halides is 3. The summed E-state index contributed by atoms with van der Waals surface area (Å²) >= 11 is 0. The normalized spacial score (nSPS) is 22.5. The van der Waals surface area contributed by atoms with Crippen molar-refractivity contribution in [2.24, 2.45) is 5.92 Å².